The van der Waals surface area contributed by atoms with Crippen LogP contribution in [0.25, 0.3) is 0 Å². The van der Waals surface area contributed by atoms with Gasteiger partial charge in [0.05, 0.1) is 7.11 Å². The molecule has 0 amide bonds. The minimum atomic E-state index is 0.165. The van der Waals surface area contributed by atoms with Gasteiger partial charge in [-0.3, -0.25) is 0 Å². The van der Waals surface area contributed by atoms with E-state index in [-0.39, 0.29) is 16.7 Å². The van der Waals surface area contributed by atoms with Crippen molar-refractivity contribution in [3.05, 3.63) is 35.7 Å². The Morgan fingerprint density at radius 2 is 2.00 bits per heavy atom. The van der Waals surface area contributed by atoms with Crippen LogP contribution in [0.15, 0.2) is 30.6 Å². The third kappa shape index (κ3) is 2.57. The molecule has 0 spiro atoms. The predicted molar refractivity (Wildman–Crippen MR) is 64.5 cm³/mol. The van der Waals surface area contributed by atoms with Gasteiger partial charge in [-0.05, 0) is 12.1 Å². The van der Waals surface area contributed by atoms with Crippen LogP contribution in [-0.2, 0) is 0 Å². The molecule has 0 unspecified atom stereocenters. The summed E-state index contributed by atoms with van der Waals surface area (Å²) in [6.45, 7) is 0. The topological polar surface area (TPSA) is 70.3 Å². The lowest BCUT2D eigenvalue weighted by Gasteiger charge is -2.08. The van der Waals surface area contributed by atoms with Crippen LogP contribution in [0.4, 0.5) is 5.69 Å². The normalized spacial score (nSPS) is 10.0. The molecule has 2 rings (SSSR count). The Morgan fingerprint density at radius 3 is 2.76 bits per heavy atom. The maximum atomic E-state index is 5.76. The van der Waals surface area contributed by atoms with Crippen LogP contribution in [0, 0.1) is 0 Å². The zero-order valence-electron chi connectivity index (χ0n) is 9.05. The number of aromatic nitrogens is 2. The fraction of sp³-hybridized carbons (Fsp3) is 0.0909. The minimum Gasteiger partial charge on any atom is -0.497 e. The molecule has 0 aliphatic carbocycles. The molecule has 0 saturated carbocycles. The average Bonchev–Trinajstić information content (AvgIpc) is 2.35. The van der Waals surface area contributed by atoms with Gasteiger partial charge in [-0.25, -0.2) is 4.98 Å². The van der Waals surface area contributed by atoms with E-state index in [1.165, 1.54) is 6.33 Å². The molecular formula is C11H10ClN3O2. The Bertz CT molecular complexity index is 534. The number of nitrogen functional groups attached to an aromatic ring is 1. The third-order valence-corrected chi connectivity index (χ3v) is 2.36. The second-order valence-corrected chi connectivity index (χ2v) is 3.52. The first-order chi connectivity index (χ1) is 8.20. The number of rotatable bonds is 3. The summed E-state index contributed by atoms with van der Waals surface area (Å²) < 4.78 is 10.6. The molecule has 0 aliphatic heterocycles. The third-order valence-electron chi connectivity index (χ3n) is 2.05. The van der Waals surface area contributed by atoms with Crippen LogP contribution in [0.2, 0.25) is 5.15 Å². The van der Waals surface area contributed by atoms with Crippen molar-refractivity contribution in [1.29, 1.82) is 0 Å². The zero-order chi connectivity index (χ0) is 12.3. The van der Waals surface area contributed by atoms with Gasteiger partial charge in [-0.1, -0.05) is 17.7 Å². The Labute approximate surface area is 103 Å². The molecule has 88 valence electrons. The number of nitrogens with zero attached hydrogens (tertiary/aromatic N) is 2. The molecule has 0 saturated heterocycles. The van der Waals surface area contributed by atoms with Crippen LogP contribution in [0.5, 0.6) is 17.4 Å². The highest BCUT2D eigenvalue weighted by Crippen LogP contribution is 2.30. The van der Waals surface area contributed by atoms with E-state index in [0.717, 1.165) is 0 Å². The summed E-state index contributed by atoms with van der Waals surface area (Å²) in [4.78, 5) is 7.65. The molecule has 2 aromatic rings. The molecule has 5 nitrogen and oxygen atoms in total. The van der Waals surface area contributed by atoms with Crippen molar-refractivity contribution in [1.82, 2.24) is 9.97 Å². The first-order valence-electron chi connectivity index (χ1n) is 4.78. The largest absolute Gasteiger partial charge is 0.497 e. The molecule has 0 bridgehead atoms. The van der Waals surface area contributed by atoms with Gasteiger partial charge in [0, 0.05) is 6.07 Å². The van der Waals surface area contributed by atoms with E-state index in [0.29, 0.717) is 11.5 Å². The predicted octanol–water partition coefficient (Wildman–Crippen LogP) is 2.51. The van der Waals surface area contributed by atoms with Crippen molar-refractivity contribution < 1.29 is 9.47 Å². The number of halogens is 1. The monoisotopic (exact) mass is 251 g/mol. The number of nitrogens with two attached hydrogens (primary N) is 1. The molecule has 17 heavy (non-hydrogen) atoms. The molecule has 0 fully saturated rings. The molecule has 0 atom stereocenters. The molecule has 2 N–H and O–H groups in total. The fourth-order valence-electron chi connectivity index (χ4n) is 1.22. The lowest BCUT2D eigenvalue weighted by atomic mass is 10.3. The van der Waals surface area contributed by atoms with Crippen LogP contribution in [0.1, 0.15) is 0 Å². The SMILES string of the molecule is COc1cccc(Oc2ncnc(Cl)c2N)c1. The molecular weight excluding hydrogens is 242 g/mol. The summed E-state index contributed by atoms with van der Waals surface area (Å²) >= 11 is 5.76. The van der Waals surface area contributed by atoms with Crippen LogP contribution < -0.4 is 15.2 Å². The smallest absolute Gasteiger partial charge is 0.247 e. The highest BCUT2D eigenvalue weighted by molar-refractivity contribution is 6.32. The lowest BCUT2D eigenvalue weighted by Crippen LogP contribution is -1.97. The van der Waals surface area contributed by atoms with Crippen molar-refractivity contribution >= 4 is 17.3 Å². The van der Waals surface area contributed by atoms with Gasteiger partial charge < -0.3 is 15.2 Å². The van der Waals surface area contributed by atoms with Gasteiger partial charge in [-0.15, -0.1) is 0 Å². The van der Waals surface area contributed by atoms with E-state index in [9.17, 15) is 0 Å². The van der Waals surface area contributed by atoms with Crippen molar-refractivity contribution in [3.63, 3.8) is 0 Å². The zero-order valence-corrected chi connectivity index (χ0v) is 9.81. The highest BCUT2D eigenvalue weighted by Gasteiger charge is 2.08. The summed E-state index contributed by atoms with van der Waals surface area (Å²) in [7, 11) is 1.58. The van der Waals surface area contributed by atoms with Crippen molar-refractivity contribution in [2.75, 3.05) is 12.8 Å². The van der Waals surface area contributed by atoms with Crippen LogP contribution >= 0.6 is 11.6 Å². The standard InChI is InChI=1S/C11H10ClN3O2/c1-16-7-3-2-4-8(5-7)17-11-9(13)10(12)14-6-15-11/h2-6H,13H2,1H3. The lowest BCUT2D eigenvalue weighted by molar-refractivity contribution is 0.407. The van der Waals surface area contributed by atoms with E-state index in [1.807, 2.05) is 6.07 Å². The number of anilines is 1. The minimum absolute atomic E-state index is 0.165. The average molecular weight is 252 g/mol. The quantitative estimate of drug-likeness (QED) is 0.849. The summed E-state index contributed by atoms with van der Waals surface area (Å²) in [6, 6.07) is 7.09. The van der Waals surface area contributed by atoms with Gasteiger partial charge in [0.25, 0.3) is 0 Å². The Balaban J connectivity index is 2.28. The summed E-state index contributed by atoms with van der Waals surface area (Å²) in [6.07, 6.45) is 1.29. The summed E-state index contributed by atoms with van der Waals surface area (Å²) in [5.41, 5.74) is 5.89. The van der Waals surface area contributed by atoms with Crippen molar-refractivity contribution in [2.24, 2.45) is 0 Å². The van der Waals surface area contributed by atoms with Gasteiger partial charge in [0.1, 0.15) is 23.5 Å². The van der Waals surface area contributed by atoms with Gasteiger partial charge in [0.15, 0.2) is 5.15 Å². The van der Waals surface area contributed by atoms with Crippen molar-refractivity contribution in [2.45, 2.75) is 0 Å². The molecule has 1 heterocycles. The van der Waals surface area contributed by atoms with E-state index in [1.54, 1.807) is 25.3 Å². The van der Waals surface area contributed by atoms with Crippen LogP contribution in [-0.4, -0.2) is 17.1 Å². The maximum absolute atomic E-state index is 5.76. The first kappa shape index (κ1) is 11.5. The van der Waals surface area contributed by atoms with Crippen LogP contribution in [0.3, 0.4) is 0 Å². The molecule has 0 radical (unpaired) electrons. The highest BCUT2D eigenvalue weighted by atomic mass is 35.5. The molecule has 0 aliphatic rings. The summed E-state index contributed by atoms with van der Waals surface area (Å²) in [5, 5.41) is 0.165. The van der Waals surface area contributed by atoms with Gasteiger partial charge in [-0.2, -0.15) is 4.98 Å². The molecule has 1 aromatic carbocycles. The molecule has 6 heteroatoms. The molecule has 1 aromatic heterocycles. The van der Waals surface area contributed by atoms with E-state index in [2.05, 4.69) is 9.97 Å². The van der Waals surface area contributed by atoms with Crippen molar-refractivity contribution in [3.8, 4) is 17.4 Å². The van der Waals surface area contributed by atoms with E-state index >= 15 is 0 Å². The number of methoxy groups -OCH3 is 1. The number of benzene rings is 1. The number of ether oxygens (including phenoxy) is 2. The Hall–Kier alpha value is -2.01. The second kappa shape index (κ2) is 4.88. The fourth-order valence-corrected chi connectivity index (χ4v) is 1.34. The number of hydrogen-bond donors (Lipinski definition) is 1. The maximum Gasteiger partial charge on any atom is 0.247 e. The first-order valence-corrected chi connectivity index (χ1v) is 5.16. The van der Waals surface area contributed by atoms with E-state index < -0.39 is 0 Å². The van der Waals surface area contributed by atoms with Gasteiger partial charge >= 0.3 is 0 Å². The second-order valence-electron chi connectivity index (χ2n) is 3.16. The number of hydrogen-bond acceptors (Lipinski definition) is 5. The summed E-state index contributed by atoms with van der Waals surface area (Å²) in [5.74, 6) is 1.46. The Kier molecular flexibility index (Phi) is 3.30. The van der Waals surface area contributed by atoms with Gasteiger partial charge in [0.2, 0.25) is 5.88 Å². The Morgan fingerprint density at radius 1 is 1.24 bits per heavy atom. The van der Waals surface area contributed by atoms with E-state index in [4.69, 9.17) is 26.8 Å².